The fourth-order valence-electron chi connectivity index (χ4n) is 2.37. The number of hydrogen-bond donors (Lipinski definition) is 1. The van der Waals surface area contributed by atoms with Gasteiger partial charge in [0.1, 0.15) is 11.5 Å². The molecule has 0 aliphatic heterocycles. The molecule has 0 aliphatic carbocycles. The van der Waals surface area contributed by atoms with Crippen LogP contribution in [0.3, 0.4) is 0 Å². The summed E-state index contributed by atoms with van der Waals surface area (Å²) in [4.78, 5) is 14.3. The molecule has 2 heterocycles. The Labute approximate surface area is 145 Å². The first kappa shape index (κ1) is 16.3. The lowest BCUT2D eigenvalue weighted by Gasteiger charge is -2.20. The number of aryl methyl sites for hydroxylation is 2. The van der Waals surface area contributed by atoms with Gasteiger partial charge in [-0.3, -0.25) is 9.58 Å². The zero-order chi connectivity index (χ0) is 17.8. The normalized spacial score (nSPS) is 10.3. The number of anilines is 2. The SMILES string of the molecule is Cc1ccc(CN(C(=O)Nc2ccc(C#N)cc2)c2cnn(C)c2)o1. The summed E-state index contributed by atoms with van der Waals surface area (Å²) >= 11 is 0. The van der Waals surface area contributed by atoms with E-state index in [-0.39, 0.29) is 12.6 Å². The molecule has 0 atom stereocenters. The predicted octanol–water partition coefficient (Wildman–Crippen LogP) is 3.43. The number of urea groups is 1. The predicted molar refractivity (Wildman–Crippen MR) is 93.0 cm³/mol. The van der Waals surface area contributed by atoms with Crippen LogP contribution in [0, 0.1) is 18.3 Å². The van der Waals surface area contributed by atoms with Crippen LogP contribution in [0.4, 0.5) is 16.2 Å². The summed E-state index contributed by atoms with van der Waals surface area (Å²) in [5.41, 5.74) is 1.80. The van der Waals surface area contributed by atoms with E-state index >= 15 is 0 Å². The highest BCUT2D eigenvalue weighted by Gasteiger charge is 2.19. The third kappa shape index (κ3) is 3.87. The molecule has 7 heteroatoms. The molecule has 0 spiro atoms. The topological polar surface area (TPSA) is 87.1 Å². The summed E-state index contributed by atoms with van der Waals surface area (Å²) in [6.45, 7) is 2.14. The van der Waals surface area contributed by atoms with Gasteiger partial charge in [0, 0.05) is 18.9 Å². The monoisotopic (exact) mass is 335 g/mol. The Morgan fingerprint density at radius 1 is 1.32 bits per heavy atom. The number of nitrogens with zero attached hydrogens (tertiary/aromatic N) is 4. The molecule has 0 radical (unpaired) electrons. The standard InChI is InChI=1S/C18H17N5O2/c1-13-3-8-17(25-13)12-23(16-10-20-22(2)11-16)18(24)21-15-6-4-14(9-19)5-7-15/h3-8,10-11H,12H2,1-2H3,(H,21,24). The van der Waals surface area contributed by atoms with E-state index in [1.54, 1.807) is 53.3 Å². The van der Waals surface area contributed by atoms with Gasteiger partial charge in [0.05, 0.1) is 30.1 Å². The number of aromatic nitrogens is 2. The van der Waals surface area contributed by atoms with E-state index in [2.05, 4.69) is 10.4 Å². The van der Waals surface area contributed by atoms with Gasteiger partial charge in [-0.15, -0.1) is 0 Å². The van der Waals surface area contributed by atoms with Crippen molar-refractivity contribution < 1.29 is 9.21 Å². The van der Waals surface area contributed by atoms with E-state index in [4.69, 9.17) is 9.68 Å². The minimum Gasteiger partial charge on any atom is -0.464 e. The van der Waals surface area contributed by atoms with Gasteiger partial charge in [0.25, 0.3) is 0 Å². The van der Waals surface area contributed by atoms with Gasteiger partial charge in [0.2, 0.25) is 0 Å². The maximum Gasteiger partial charge on any atom is 0.326 e. The molecular formula is C18H17N5O2. The molecule has 0 saturated carbocycles. The molecule has 126 valence electrons. The molecule has 0 aliphatic rings. The van der Waals surface area contributed by atoms with Gasteiger partial charge in [-0.25, -0.2) is 4.79 Å². The lowest BCUT2D eigenvalue weighted by molar-refractivity contribution is 0.256. The Bertz CT molecular complexity index is 918. The highest BCUT2D eigenvalue weighted by Crippen LogP contribution is 2.20. The van der Waals surface area contributed by atoms with E-state index in [0.29, 0.717) is 22.7 Å². The Kier molecular flexibility index (Phi) is 4.53. The molecule has 25 heavy (non-hydrogen) atoms. The largest absolute Gasteiger partial charge is 0.464 e. The van der Waals surface area contributed by atoms with Crippen LogP contribution in [0.5, 0.6) is 0 Å². The fourth-order valence-corrected chi connectivity index (χ4v) is 2.37. The van der Waals surface area contributed by atoms with Gasteiger partial charge in [-0.1, -0.05) is 0 Å². The molecule has 3 aromatic rings. The van der Waals surface area contributed by atoms with Crippen LogP contribution >= 0.6 is 0 Å². The summed E-state index contributed by atoms with van der Waals surface area (Å²) in [5.74, 6) is 1.46. The molecule has 2 amide bonds. The molecule has 7 nitrogen and oxygen atoms in total. The number of nitriles is 1. The average molecular weight is 335 g/mol. The summed E-state index contributed by atoms with van der Waals surface area (Å²) in [6, 6.07) is 12.1. The van der Waals surface area contributed by atoms with Crippen LogP contribution in [-0.2, 0) is 13.6 Å². The second kappa shape index (κ2) is 6.93. The number of carbonyl (C=O) groups excluding carboxylic acids is 1. The van der Waals surface area contributed by atoms with Crippen molar-refractivity contribution in [3.63, 3.8) is 0 Å². The van der Waals surface area contributed by atoms with Crippen molar-refractivity contribution in [1.29, 1.82) is 5.26 Å². The van der Waals surface area contributed by atoms with Crippen LogP contribution in [0.1, 0.15) is 17.1 Å². The molecule has 0 fully saturated rings. The van der Waals surface area contributed by atoms with Crippen LogP contribution in [0.15, 0.2) is 53.2 Å². The summed E-state index contributed by atoms with van der Waals surface area (Å²) in [6.07, 6.45) is 3.38. The highest BCUT2D eigenvalue weighted by molar-refractivity contribution is 6.01. The second-order valence-electron chi connectivity index (χ2n) is 5.59. The van der Waals surface area contributed by atoms with Crippen molar-refractivity contribution in [3.05, 3.63) is 65.9 Å². The Morgan fingerprint density at radius 2 is 2.08 bits per heavy atom. The molecule has 3 rings (SSSR count). The fraction of sp³-hybridized carbons (Fsp3) is 0.167. The van der Waals surface area contributed by atoms with Crippen LogP contribution in [0.2, 0.25) is 0 Å². The molecule has 0 unspecified atom stereocenters. The summed E-state index contributed by atoms with van der Waals surface area (Å²) in [7, 11) is 1.79. The van der Waals surface area contributed by atoms with Crippen LogP contribution in [0.25, 0.3) is 0 Å². The lowest BCUT2D eigenvalue weighted by Crippen LogP contribution is -2.34. The molecule has 1 aromatic carbocycles. The summed E-state index contributed by atoms with van der Waals surface area (Å²) < 4.78 is 7.22. The molecular weight excluding hydrogens is 318 g/mol. The van der Waals surface area contributed by atoms with Gasteiger partial charge in [-0.05, 0) is 43.3 Å². The van der Waals surface area contributed by atoms with E-state index in [1.807, 2.05) is 25.1 Å². The van der Waals surface area contributed by atoms with Crippen molar-refractivity contribution in [3.8, 4) is 6.07 Å². The van der Waals surface area contributed by atoms with Gasteiger partial charge >= 0.3 is 6.03 Å². The first-order valence-corrected chi connectivity index (χ1v) is 7.68. The van der Waals surface area contributed by atoms with E-state index < -0.39 is 0 Å². The third-order valence-corrected chi connectivity index (χ3v) is 3.62. The zero-order valence-electron chi connectivity index (χ0n) is 13.9. The third-order valence-electron chi connectivity index (χ3n) is 3.62. The molecule has 1 N–H and O–H groups in total. The van der Waals surface area contributed by atoms with Gasteiger partial charge in [0.15, 0.2) is 0 Å². The van der Waals surface area contributed by atoms with E-state index in [1.165, 1.54) is 0 Å². The maximum absolute atomic E-state index is 12.8. The van der Waals surface area contributed by atoms with Crippen molar-refractivity contribution in [2.75, 3.05) is 10.2 Å². The van der Waals surface area contributed by atoms with Crippen LogP contribution < -0.4 is 10.2 Å². The van der Waals surface area contributed by atoms with Crippen molar-refractivity contribution in [2.24, 2.45) is 7.05 Å². The number of hydrogen-bond acceptors (Lipinski definition) is 4. The van der Waals surface area contributed by atoms with E-state index in [0.717, 1.165) is 5.76 Å². The Balaban J connectivity index is 1.82. The lowest BCUT2D eigenvalue weighted by atomic mass is 10.2. The van der Waals surface area contributed by atoms with Crippen LogP contribution in [-0.4, -0.2) is 15.8 Å². The van der Waals surface area contributed by atoms with Crippen molar-refractivity contribution in [2.45, 2.75) is 13.5 Å². The van der Waals surface area contributed by atoms with Crippen molar-refractivity contribution in [1.82, 2.24) is 9.78 Å². The Hall–Kier alpha value is -3.53. The van der Waals surface area contributed by atoms with E-state index in [9.17, 15) is 4.79 Å². The zero-order valence-corrected chi connectivity index (χ0v) is 13.9. The minimum absolute atomic E-state index is 0.279. The minimum atomic E-state index is -0.313. The number of benzene rings is 1. The first-order chi connectivity index (χ1) is 12.0. The molecule has 0 bridgehead atoms. The molecule has 0 saturated heterocycles. The molecule has 2 aromatic heterocycles. The average Bonchev–Trinajstić information content (AvgIpc) is 3.21. The summed E-state index contributed by atoms with van der Waals surface area (Å²) in [5, 5.41) is 15.8. The quantitative estimate of drug-likeness (QED) is 0.791. The first-order valence-electron chi connectivity index (χ1n) is 7.68. The number of amides is 2. The number of rotatable bonds is 4. The maximum atomic E-state index is 12.8. The number of carbonyl (C=O) groups is 1. The van der Waals surface area contributed by atoms with Crippen molar-refractivity contribution >= 4 is 17.4 Å². The highest BCUT2D eigenvalue weighted by atomic mass is 16.3. The van der Waals surface area contributed by atoms with Gasteiger partial charge in [-0.2, -0.15) is 10.4 Å². The van der Waals surface area contributed by atoms with Gasteiger partial charge < -0.3 is 9.73 Å². The number of furan rings is 1. The Morgan fingerprint density at radius 3 is 2.64 bits per heavy atom. The second-order valence-corrected chi connectivity index (χ2v) is 5.59. The number of nitrogens with one attached hydrogen (secondary N) is 1. The smallest absolute Gasteiger partial charge is 0.326 e.